The highest BCUT2D eigenvalue weighted by Gasteiger charge is 2.33. The monoisotopic (exact) mass is 636 g/mol. The van der Waals surface area contributed by atoms with Crippen LogP contribution in [0.5, 0.6) is 11.5 Å². The first-order valence-electron chi connectivity index (χ1n) is 13.8. The van der Waals surface area contributed by atoms with Crippen LogP contribution in [0.25, 0.3) is 6.08 Å². The molecule has 0 fully saturated rings. The molecule has 0 N–H and O–H groups in total. The van der Waals surface area contributed by atoms with Gasteiger partial charge < -0.3 is 14.2 Å². The Morgan fingerprint density at radius 2 is 1.74 bits per heavy atom. The number of hydrogen-bond acceptors (Lipinski definition) is 7. The Kier molecular flexibility index (Phi) is 9.40. The molecule has 10 heteroatoms. The Labute approximate surface area is 263 Å². The van der Waals surface area contributed by atoms with Crippen molar-refractivity contribution in [3.63, 3.8) is 0 Å². The average Bonchev–Trinajstić information content (AvgIpc) is 3.27. The van der Waals surface area contributed by atoms with Crippen molar-refractivity contribution in [1.29, 1.82) is 0 Å². The lowest BCUT2D eigenvalue weighted by molar-refractivity contribution is -0.139. The maximum absolute atomic E-state index is 13.9. The molecule has 4 aromatic rings. The Hall–Kier alpha value is -3.85. The fraction of sp³-hybridized carbons (Fsp3) is 0.242. The number of carbonyl (C=O) groups is 1. The second-order valence-corrected chi connectivity index (χ2v) is 11.7. The van der Waals surface area contributed by atoms with Crippen LogP contribution in [0.3, 0.4) is 0 Å². The van der Waals surface area contributed by atoms with Crippen molar-refractivity contribution in [2.45, 2.75) is 40.3 Å². The Morgan fingerprint density at radius 3 is 2.44 bits per heavy atom. The van der Waals surface area contributed by atoms with Crippen molar-refractivity contribution in [3.8, 4) is 11.5 Å². The number of carbonyl (C=O) groups excluding carboxylic acids is 1. The number of thiazole rings is 1. The summed E-state index contributed by atoms with van der Waals surface area (Å²) in [7, 11) is 0. The van der Waals surface area contributed by atoms with Crippen LogP contribution < -0.4 is 24.4 Å². The van der Waals surface area contributed by atoms with E-state index >= 15 is 0 Å². The van der Waals surface area contributed by atoms with E-state index in [1.165, 1.54) is 11.3 Å². The van der Waals surface area contributed by atoms with Gasteiger partial charge in [0.2, 0.25) is 0 Å². The van der Waals surface area contributed by atoms with E-state index in [0.29, 0.717) is 48.8 Å². The number of hydrogen-bond donors (Lipinski definition) is 0. The normalized spacial score (nSPS) is 14.7. The fourth-order valence-electron chi connectivity index (χ4n) is 4.80. The van der Waals surface area contributed by atoms with E-state index in [1.807, 2.05) is 56.3 Å². The van der Waals surface area contributed by atoms with Gasteiger partial charge in [0, 0.05) is 15.6 Å². The number of ether oxygens (including phenoxy) is 3. The van der Waals surface area contributed by atoms with Gasteiger partial charge in [-0.05, 0) is 69.2 Å². The molecule has 0 saturated carbocycles. The van der Waals surface area contributed by atoms with Gasteiger partial charge in [0.25, 0.3) is 5.56 Å². The summed E-state index contributed by atoms with van der Waals surface area (Å²) in [5.41, 5.74) is 4.04. The molecule has 0 saturated heterocycles. The van der Waals surface area contributed by atoms with E-state index in [9.17, 15) is 9.59 Å². The molecule has 0 bridgehead atoms. The number of esters is 1. The maximum atomic E-state index is 13.9. The van der Waals surface area contributed by atoms with Gasteiger partial charge in [-0.15, -0.1) is 0 Å². The zero-order valence-corrected chi connectivity index (χ0v) is 26.5. The van der Waals surface area contributed by atoms with Gasteiger partial charge in [0.15, 0.2) is 16.3 Å². The molecule has 1 aliphatic rings. The Morgan fingerprint density at radius 1 is 0.977 bits per heavy atom. The van der Waals surface area contributed by atoms with Crippen LogP contribution >= 0.6 is 34.5 Å². The average molecular weight is 638 g/mol. The predicted molar refractivity (Wildman–Crippen MR) is 170 cm³/mol. The summed E-state index contributed by atoms with van der Waals surface area (Å²) >= 11 is 13.6. The van der Waals surface area contributed by atoms with Gasteiger partial charge >= 0.3 is 5.97 Å². The molecule has 0 spiro atoms. The number of rotatable bonds is 9. The van der Waals surface area contributed by atoms with E-state index in [4.69, 9.17) is 37.4 Å². The highest BCUT2D eigenvalue weighted by atomic mass is 35.5. The summed E-state index contributed by atoms with van der Waals surface area (Å²) in [4.78, 5) is 32.2. The topological polar surface area (TPSA) is 79.1 Å². The molecular weight excluding hydrogens is 607 g/mol. The van der Waals surface area contributed by atoms with Gasteiger partial charge in [0.1, 0.15) is 6.61 Å². The van der Waals surface area contributed by atoms with Gasteiger partial charge in [-0.2, -0.15) is 0 Å². The molecule has 0 aliphatic carbocycles. The van der Waals surface area contributed by atoms with E-state index < -0.39 is 12.0 Å². The number of nitrogens with zero attached hydrogens (tertiary/aromatic N) is 2. The predicted octanol–water partition coefficient (Wildman–Crippen LogP) is 6.39. The van der Waals surface area contributed by atoms with Crippen LogP contribution in [0.4, 0.5) is 0 Å². The largest absolute Gasteiger partial charge is 0.490 e. The third-order valence-electron chi connectivity index (χ3n) is 6.87. The first kappa shape index (κ1) is 30.6. The van der Waals surface area contributed by atoms with Gasteiger partial charge in [-0.1, -0.05) is 76.5 Å². The van der Waals surface area contributed by atoms with Crippen LogP contribution in [-0.2, 0) is 16.1 Å². The molecule has 0 radical (unpaired) electrons. The zero-order valence-electron chi connectivity index (χ0n) is 24.1. The number of halogens is 2. The molecule has 1 aromatic heterocycles. The molecule has 5 rings (SSSR count). The number of benzene rings is 3. The number of allylic oxidation sites excluding steroid dienone is 1. The maximum Gasteiger partial charge on any atom is 0.338 e. The minimum Gasteiger partial charge on any atom is -0.490 e. The molecule has 222 valence electrons. The van der Waals surface area contributed by atoms with Crippen molar-refractivity contribution < 1.29 is 19.0 Å². The van der Waals surface area contributed by atoms with Crippen molar-refractivity contribution in [1.82, 2.24) is 4.57 Å². The zero-order chi connectivity index (χ0) is 30.7. The molecule has 0 amide bonds. The lowest BCUT2D eigenvalue weighted by Crippen LogP contribution is -2.39. The van der Waals surface area contributed by atoms with E-state index in [0.717, 1.165) is 22.3 Å². The summed E-state index contributed by atoms with van der Waals surface area (Å²) in [6.45, 7) is 8.28. The van der Waals surface area contributed by atoms with E-state index in [1.54, 1.807) is 42.7 Å². The standard InChI is InChI=1S/C33H30Cl2N2O5S/c1-5-40-27-15-21(9-14-26(27)42-18-23-12-13-24(34)17-25(23)35)16-28-31(38)37-30(22-10-7-19(3)8-11-22)29(32(39)41-6-2)20(4)36-33(37)43-28/h7-17,30H,5-6,18H2,1-4H3/t30-/m0/s1. The van der Waals surface area contributed by atoms with Crippen molar-refractivity contribution in [2.24, 2.45) is 4.99 Å². The quantitative estimate of drug-likeness (QED) is 0.199. The van der Waals surface area contributed by atoms with Crippen LogP contribution in [0.1, 0.15) is 49.1 Å². The van der Waals surface area contributed by atoms with Crippen LogP contribution in [0.2, 0.25) is 10.0 Å². The number of aryl methyl sites for hydroxylation is 1. The van der Waals surface area contributed by atoms with Crippen molar-refractivity contribution >= 4 is 46.6 Å². The minimum absolute atomic E-state index is 0.218. The highest BCUT2D eigenvalue weighted by molar-refractivity contribution is 7.07. The summed E-state index contributed by atoms with van der Waals surface area (Å²) in [6.07, 6.45) is 1.79. The van der Waals surface area contributed by atoms with Crippen LogP contribution in [0.15, 0.2) is 81.7 Å². The fourth-order valence-corrected chi connectivity index (χ4v) is 6.31. The lowest BCUT2D eigenvalue weighted by atomic mass is 9.95. The first-order valence-corrected chi connectivity index (χ1v) is 15.4. The lowest BCUT2D eigenvalue weighted by Gasteiger charge is -2.24. The SMILES string of the molecule is CCOC(=O)C1=C(C)N=c2sc(=Cc3ccc(OCc4ccc(Cl)cc4Cl)c(OCC)c3)c(=O)n2[C@H]1c1ccc(C)cc1. The second kappa shape index (κ2) is 13.2. The Balaban J connectivity index is 1.54. The summed E-state index contributed by atoms with van der Waals surface area (Å²) in [5, 5.41) is 1.07. The molecule has 1 aliphatic heterocycles. The van der Waals surface area contributed by atoms with Crippen LogP contribution in [0, 0.1) is 6.92 Å². The van der Waals surface area contributed by atoms with Gasteiger partial charge in [-0.25, -0.2) is 9.79 Å². The molecule has 2 heterocycles. The Bertz CT molecular complexity index is 1890. The molecule has 43 heavy (non-hydrogen) atoms. The molecule has 3 aromatic carbocycles. The van der Waals surface area contributed by atoms with Gasteiger partial charge in [0.05, 0.1) is 35.1 Å². The van der Waals surface area contributed by atoms with Crippen molar-refractivity contribution in [2.75, 3.05) is 13.2 Å². The number of fused-ring (bicyclic) bond motifs is 1. The summed E-state index contributed by atoms with van der Waals surface area (Å²) in [6, 6.07) is 17.9. The molecular formula is C33H30Cl2N2O5S. The first-order chi connectivity index (χ1) is 20.7. The highest BCUT2D eigenvalue weighted by Crippen LogP contribution is 2.32. The van der Waals surface area contributed by atoms with Crippen molar-refractivity contribution in [3.05, 3.63) is 124 Å². The summed E-state index contributed by atoms with van der Waals surface area (Å²) < 4.78 is 19.3. The molecule has 7 nitrogen and oxygen atoms in total. The third kappa shape index (κ3) is 6.56. The molecule has 0 unspecified atom stereocenters. The molecule has 1 atom stereocenters. The number of aromatic nitrogens is 1. The second-order valence-electron chi connectivity index (χ2n) is 9.88. The third-order valence-corrected chi connectivity index (χ3v) is 8.44. The van der Waals surface area contributed by atoms with E-state index in [2.05, 4.69) is 4.99 Å². The minimum atomic E-state index is -0.660. The van der Waals surface area contributed by atoms with E-state index in [-0.39, 0.29) is 18.8 Å². The smallest absolute Gasteiger partial charge is 0.338 e. The summed E-state index contributed by atoms with van der Waals surface area (Å²) in [5.74, 6) is 0.591. The van der Waals surface area contributed by atoms with Crippen LogP contribution in [-0.4, -0.2) is 23.8 Å². The van der Waals surface area contributed by atoms with Gasteiger partial charge in [-0.3, -0.25) is 9.36 Å².